The summed E-state index contributed by atoms with van der Waals surface area (Å²) in [6.07, 6.45) is 1.84. The summed E-state index contributed by atoms with van der Waals surface area (Å²) in [5.41, 5.74) is 3.61. The fraction of sp³-hybridized carbons (Fsp3) is 0.440. The highest BCUT2D eigenvalue weighted by molar-refractivity contribution is 5.94. The molecule has 0 radical (unpaired) electrons. The van der Waals surface area contributed by atoms with Crippen molar-refractivity contribution < 1.29 is 14.3 Å². The van der Waals surface area contributed by atoms with E-state index in [2.05, 4.69) is 26.5 Å². The lowest BCUT2D eigenvalue weighted by Crippen LogP contribution is -2.45. The third-order valence-electron chi connectivity index (χ3n) is 6.49. The molecule has 2 aliphatic heterocycles. The Bertz CT molecular complexity index is 1080. The van der Waals surface area contributed by atoms with Crippen LogP contribution in [0.1, 0.15) is 34.5 Å². The molecule has 2 N–H and O–H groups in total. The van der Waals surface area contributed by atoms with Crippen LogP contribution in [-0.2, 0) is 16.0 Å². The van der Waals surface area contributed by atoms with Crippen molar-refractivity contribution in [1.29, 1.82) is 0 Å². The predicted octanol–water partition coefficient (Wildman–Crippen LogP) is 3.05. The number of carbonyl (C=O) groups is 1. The fourth-order valence-corrected chi connectivity index (χ4v) is 4.75. The molecule has 2 fully saturated rings. The molecule has 0 saturated carbocycles. The summed E-state index contributed by atoms with van der Waals surface area (Å²) in [6.45, 7) is 6.25. The van der Waals surface area contributed by atoms with Gasteiger partial charge in [0.05, 0.1) is 30.5 Å². The molecule has 7 heteroatoms. The second-order valence-corrected chi connectivity index (χ2v) is 9.02. The average molecular weight is 435 g/mol. The number of nitrogens with one attached hydrogen (secondary N) is 2. The minimum atomic E-state index is -0.328. The SMILES string of the molecule is Cc1ccc(C(=O)NC[C@@H]2CC[C@@]3(COCCN(Cc4[nH]nc5ccccc45)C3)O2)cc1. The number of hydrogen-bond acceptors (Lipinski definition) is 5. The van der Waals surface area contributed by atoms with Crippen molar-refractivity contribution in [2.45, 2.75) is 38.0 Å². The molecule has 1 amide bonds. The number of aromatic nitrogens is 2. The van der Waals surface area contributed by atoms with Crippen LogP contribution < -0.4 is 5.32 Å². The van der Waals surface area contributed by atoms with Crippen molar-refractivity contribution in [2.24, 2.45) is 0 Å². The quantitative estimate of drug-likeness (QED) is 0.645. The van der Waals surface area contributed by atoms with Crippen LogP contribution in [0.25, 0.3) is 10.9 Å². The average Bonchev–Trinajstić information content (AvgIpc) is 3.33. The summed E-state index contributed by atoms with van der Waals surface area (Å²) in [7, 11) is 0. The molecule has 0 aliphatic carbocycles. The lowest BCUT2D eigenvalue weighted by atomic mass is 10.00. The largest absolute Gasteiger partial charge is 0.377 e. The maximum absolute atomic E-state index is 12.5. The normalized spacial score (nSPS) is 24.1. The van der Waals surface area contributed by atoms with Gasteiger partial charge in [-0.25, -0.2) is 0 Å². The minimum Gasteiger partial charge on any atom is -0.377 e. The van der Waals surface area contributed by atoms with Gasteiger partial charge in [-0.1, -0.05) is 35.9 Å². The molecule has 0 bridgehead atoms. The first-order chi connectivity index (χ1) is 15.6. The highest BCUT2D eigenvalue weighted by Crippen LogP contribution is 2.33. The molecule has 1 spiro atoms. The predicted molar refractivity (Wildman–Crippen MR) is 123 cm³/mol. The molecule has 2 saturated heterocycles. The number of amides is 1. The van der Waals surface area contributed by atoms with Crippen LogP contribution in [-0.4, -0.2) is 65.6 Å². The second-order valence-electron chi connectivity index (χ2n) is 9.02. The molecule has 32 heavy (non-hydrogen) atoms. The number of aromatic amines is 1. The van der Waals surface area contributed by atoms with Gasteiger partial charge in [-0.15, -0.1) is 0 Å². The zero-order valence-electron chi connectivity index (χ0n) is 18.5. The smallest absolute Gasteiger partial charge is 0.251 e. The topological polar surface area (TPSA) is 79.5 Å². The van der Waals surface area contributed by atoms with Gasteiger partial charge in [0, 0.05) is 37.1 Å². The van der Waals surface area contributed by atoms with E-state index in [1.807, 2.05) is 49.4 Å². The molecule has 7 nitrogen and oxygen atoms in total. The number of rotatable bonds is 5. The Morgan fingerprint density at radius 2 is 2.09 bits per heavy atom. The van der Waals surface area contributed by atoms with E-state index in [0.29, 0.717) is 25.3 Å². The second kappa shape index (κ2) is 9.02. The van der Waals surface area contributed by atoms with Crippen LogP contribution in [0.3, 0.4) is 0 Å². The van der Waals surface area contributed by atoms with Crippen molar-refractivity contribution >= 4 is 16.8 Å². The Morgan fingerprint density at radius 3 is 2.97 bits per heavy atom. The van der Waals surface area contributed by atoms with Crippen LogP contribution in [0.15, 0.2) is 48.5 Å². The van der Waals surface area contributed by atoms with Gasteiger partial charge in [-0.05, 0) is 38.0 Å². The first-order valence-corrected chi connectivity index (χ1v) is 11.4. The van der Waals surface area contributed by atoms with Crippen LogP contribution >= 0.6 is 0 Å². The van der Waals surface area contributed by atoms with Gasteiger partial charge < -0.3 is 14.8 Å². The number of hydrogen-bond donors (Lipinski definition) is 2. The number of nitrogens with zero attached hydrogens (tertiary/aromatic N) is 2. The number of benzene rings is 2. The Morgan fingerprint density at radius 1 is 1.25 bits per heavy atom. The van der Waals surface area contributed by atoms with Crippen molar-refractivity contribution in [2.75, 3.05) is 32.8 Å². The number of aryl methyl sites for hydroxylation is 1. The Hall–Kier alpha value is -2.74. The molecular weight excluding hydrogens is 404 g/mol. The van der Waals surface area contributed by atoms with Gasteiger partial charge in [0.1, 0.15) is 5.60 Å². The number of para-hydroxylation sites is 1. The highest BCUT2D eigenvalue weighted by Gasteiger charge is 2.43. The third kappa shape index (κ3) is 4.55. The van der Waals surface area contributed by atoms with Crippen molar-refractivity contribution in [3.63, 3.8) is 0 Å². The van der Waals surface area contributed by atoms with Gasteiger partial charge in [-0.2, -0.15) is 5.10 Å². The highest BCUT2D eigenvalue weighted by atomic mass is 16.6. The van der Waals surface area contributed by atoms with E-state index < -0.39 is 0 Å². The van der Waals surface area contributed by atoms with E-state index in [0.717, 1.165) is 54.6 Å². The summed E-state index contributed by atoms with van der Waals surface area (Å²) in [5.74, 6) is -0.0561. The summed E-state index contributed by atoms with van der Waals surface area (Å²) < 4.78 is 12.4. The molecule has 3 aromatic rings. The zero-order valence-corrected chi connectivity index (χ0v) is 18.5. The fourth-order valence-electron chi connectivity index (χ4n) is 4.75. The first kappa shape index (κ1) is 21.1. The standard InChI is InChI=1S/C25H30N4O3/c1-18-6-8-19(9-7-18)24(30)26-14-20-10-11-25(32-20)16-29(12-13-31-17-25)15-23-21-4-2-3-5-22(21)27-28-23/h2-9,20H,10-17H2,1H3,(H,26,30)(H,27,28)/t20-,25+/m0/s1. The van der Waals surface area contributed by atoms with E-state index in [-0.39, 0.29) is 17.6 Å². The van der Waals surface area contributed by atoms with E-state index in [1.54, 1.807) is 0 Å². The summed E-state index contributed by atoms with van der Waals surface area (Å²) in [6, 6.07) is 15.8. The molecule has 168 valence electrons. The molecule has 0 unspecified atom stereocenters. The molecular formula is C25H30N4O3. The summed E-state index contributed by atoms with van der Waals surface area (Å²) >= 11 is 0. The van der Waals surface area contributed by atoms with Crippen LogP contribution in [0, 0.1) is 6.92 Å². The van der Waals surface area contributed by atoms with Crippen molar-refractivity contribution in [1.82, 2.24) is 20.4 Å². The van der Waals surface area contributed by atoms with E-state index in [1.165, 1.54) is 0 Å². The van der Waals surface area contributed by atoms with E-state index in [9.17, 15) is 4.79 Å². The van der Waals surface area contributed by atoms with Crippen LogP contribution in [0.2, 0.25) is 0 Å². The van der Waals surface area contributed by atoms with E-state index in [4.69, 9.17) is 9.47 Å². The third-order valence-corrected chi connectivity index (χ3v) is 6.49. The number of ether oxygens (including phenoxy) is 2. The molecule has 1 aromatic heterocycles. The molecule has 5 rings (SSSR count). The molecule has 2 aliphatic rings. The van der Waals surface area contributed by atoms with Gasteiger partial charge in [0.15, 0.2) is 0 Å². The number of H-pyrrole nitrogens is 1. The number of fused-ring (bicyclic) bond motifs is 1. The van der Waals surface area contributed by atoms with Crippen molar-refractivity contribution in [3.8, 4) is 0 Å². The minimum absolute atomic E-state index is 0.000864. The maximum Gasteiger partial charge on any atom is 0.251 e. The maximum atomic E-state index is 12.5. The van der Waals surface area contributed by atoms with Gasteiger partial charge >= 0.3 is 0 Å². The summed E-state index contributed by atoms with van der Waals surface area (Å²) in [5, 5.41) is 11.8. The lowest BCUT2D eigenvalue weighted by molar-refractivity contribution is -0.0849. The van der Waals surface area contributed by atoms with Gasteiger partial charge in [-0.3, -0.25) is 14.8 Å². The van der Waals surface area contributed by atoms with Gasteiger partial charge in [0.2, 0.25) is 0 Å². The molecule has 3 heterocycles. The Balaban J connectivity index is 1.20. The van der Waals surface area contributed by atoms with E-state index >= 15 is 0 Å². The molecule has 2 atom stereocenters. The first-order valence-electron chi connectivity index (χ1n) is 11.4. The van der Waals surface area contributed by atoms with Crippen LogP contribution in [0.5, 0.6) is 0 Å². The monoisotopic (exact) mass is 434 g/mol. The Labute approximate surface area is 188 Å². The number of carbonyl (C=O) groups excluding carboxylic acids is 1. The Kier molecular flexibility index (Phi) is 5.95. The lowest BCUT2D eigenvalue weighted by Gasteiger charge is -2.31. The zero-order chi connectivity index (χ0) is 22.0. The van der Waals surface area contributed by atoms with Gasteiger partial charge in [0.25, 0.3) is 5.91 Å². The van der Waals surface area contributed by atoms with Crippen LogP contribution in [0.4, 0.5) is 0 Å². The van der Waals surface area contributed by atoms with Crippen molar-refractivity contribution in [3.05, 3.63) is 65.4 Å². The molecule has 2 aromatic carbocycles. The summed E-state index contributed by atoms with van der Waals surface area (Å²) in [4.78, 5) is 14.9.